The number of rotatable bonds is 3. The van der Waals surface area contributed by atoms with E-state index in [0.717, 1.165) is 5.56 Å². The van der Waals surface area contributed by atoms with Crippen molar-refractivity contribution < 1.29 is 27.8 Å². The normalized spacial score (nSPS) is 19.6. The van der Waals surface area contributed by atoms with E-state index in [0.29, 0.717) is 0 Å². The lowest BCUT2D eigenvalue weighted by Gasteiger charge is -2.38. The van der Waals surface area contributed by atoms with Crippen molar-refractivity contribution in [1.82, 2.24) is 10.2 Å². The van der Waals surface area contributed by atoms with E-state index in [1.165, 1.54) is 4.90 Å². The van der Waals surface area contributed by atoms with E-state index >= 15 is 0 Å². The van der Waals surface area contributed by atoms with Crippen molar-refractivity contribution in [3.05, 3.63) is 35.9 Å². The van der Waals surface area contributed by atoms with Crippen LogP contribution < -0.4 is 5.32 Å². The summed E-state index contributed by atoms with van der Waals surface area (Å²) in [5.74, 6) is -3.13. The highest BCUT2D eigenvalue weighted by Gasteiger charge is 2.46. The Morgan fingerprint density at radius 1 is 1.27 bits per heavy atom. The molecule has 1 unspecified atom stereocenters. The van der Waals surface area contributed by atoms with Gasteiger partial charge in [0.1, 0.15) is 18.2 Å². The van der Waals surface area contributed by atoms with Gasteiger partial charge >= 0.3 is 12.2 Å². The molecular formula is C18H24F2N2O4. The van der Waals surface area contributed by atoms with Crippen LogP contribution in [0.3, 0.4) is 0 Å². The summed E-state index contributed by atoms with van der Waals surface area (Å²) >= 11 is 0. The second-order valence-electron chi connectivity index (χ2n) is 7.20. The molecule has 1 aliphatic rings. The quantitative estimate of drug-likeness (QED) is 0.883. The van der Waals surface area contributed by atoms with Gasteiger partial charge in [-0.3, -0.25) is 0 Å². The van der Waals surface area contributed by atoms with Gasteiger partial charge in [-0.25, -0.2) is 18.4 Å². The van der Waals surface area contributed by atoms with Crippen LogP contribution in [0.4, 0.5) is 18.4 Å². The first kappa shape index (κ1) is 19.9. The van der Waals surface area contributed by atoms with Gasteiger partial charge in [-0.05, 0) is 26.3 Å². The summed E-state index contributed by atoms with van der Waals surface area (Å²) in [5.41, 5.74) is -0.00544. The number of nitrogens with zero attached hydrogens (tertiary/aromatic N) is 1. The molecule has 26 heavy (non-hydrogen) atoms. The first-order chi connectivity index (χ1) is 12.1. The minimum absolute atomic E-state index is 0.0523. The van der Waals surface area contributed by atoms with Crippen LogP contribution in [0.15, 0.2) is 30.3 Å². The summed E-state index contributed by atoms with van der Waals surface area (Å²) in [6.07, 6.45) is -2.20. The zero-order chi connectivity index (χ0) is 19.4. The Morgan fingerprint density at radius 2 is 1.92 bits per heavy atom. The number of piperidine rings is 1. The number of amides is 2. The van der Waals surface area contributed by atoms with E-state index in [2.05, 4.69) is 5.32 Å². The molecule has 1 aliphatic heterocycles. The van der Waals surface area contributed by atoms with E-state index in [1.807, 2.05) is 18.2 Å². The van der Waals surface area contributed by atoms with Crippen LogP contribution in [0.25, 0.3) is 0 Å². The summed E-state index contributed by atoms with van der Waals surface area (Å²) in [7, 11) is 0. The Kier molecular flexibility index (Phi) is 6.05. The molecule has 1 aromatic carbocycles. The van der Waals surface area contributed by atoms with Gasteiger partial charge in [0.05, 0.1) is 6.54 Å². The van der Waals surface area contributed by atoms with Crippen LogP contribution >= 0.6 is 0 Å². The molecule has 0 spiro atoms. The molecule has 2 amide bonds. The number of alkyl carbamates (subject to hydrolysis) is 1. The number of likely N-dealkylation sites (tertiary alicyclic amines) is 1. The number of hydrogen-bond donors (Lipinski definition) is 1. The maximum Gasteiger partial charge on any atom is 0.410 e. The molecule has 0 aliphatic carbocycles. The maximum absolute atomic E-state index is 14.1. The second-order valence-corrected chi connectivity index (χ2v) is 7.20. The van der Waals surface area contributed by atoms with Gasteiger partial charge in [0.2, 0.25) is 0 Å². The van der Waals surface area contributed by atoms with Gasteiger partial charge in [0, 0.05) is 13.0 Å². The Balaban J connectivity index is 1.93. The van der Waals surface area contributed by atoms with Crippen LogP contribution in [-0.2, 0) is 16.1 Å². The summed E-state index contributed by atoms with van der Waals surface area (Å²) in [6.45, 7) is 4.47. The number of carbonyl (C=O) groups excluding carboxylic acids is 2. The van der Waals surface area contributed by atoms with Crippen molar-refractivity contribution in [2.45, 2.75) is 51.4 Å². The van der Waals surface area contributed by atoms with Gasteiger partial charge < -0.3 is 19.7 Å². The largest absolute Gasteiger partial charge is 0.445 e. The molecule has 6 nitrogen and oxygen atoms in total. The number of ether oxygens (including phenoxy) is 2. The average Bonchev–Trinajstić information content (AvgIpc) is 2.54. The first-order valence-corrected chi connectivity index (χ1v) is 8.40. The zero-order valence-electron chi connectivity index (χ0n) is 15.1. The van der Waals surface area contributed by atoms with Crippen molar-refractivity contribution in [1.29, 1.82) is 0 Å². The van der Waals surface area contributed by atoms with E-state index in [-0.39, 0.29) is 19.7 Å². The Morgan fingerprint density at radius 3 is 2.54 bits per heavy atom. The lowest BCUT2D eigenvalue weighted by Crippen LogP contribution is -2.60. The average molecular weight is 370 g/mol. The van der Waals surface area contributed by atoms with Crippen molar-refractivity contribution in [2.24, 2.45) is 0 Å². The molecule has 8 heteroatoms. The Labute approximate surface area is 151 Å². The van der Waals surface area contributed by atoms with E-state index in [1.54, 1.807) is 32.9 Å². The summed E-state index contributed by atoms with van der Waals surface area (Å²) in [5, 5.41) is 2.16. The van der Waals surface area contributed by atoms with Gasteiger partial charge in [-0.1, -0.05) is 30.3 Å². The molecule has 0 aromatic heterocycles. The molecule has 1 aromatic rings. The molecule has 0 radical (unpaired) electrons. The molecule has 0 saturated carbocycles. The van der Waals surface area contributed by atoms with Gasteiger partial charge in [0.15, 0.2) is 0 Å². The molecule has 2 rings (SSSR count). The van der Waals surface area contributed by atoms with Crippen LogP contribution in [0, 0.1) is 0 Å². The fourth-order valence-corrected chi connectivity index (χ4v) is 2.48. The third-order valence-electron chi connectivity index (χ3n) is 3.78. The maximum atomic E-state index is 14.1. The first-order valence-electron chi connectivity index (χ1n) is 8.40. The Bertz CT molecular complexity index is 632. The smallest absolute Gasteiger partial charge is 0.410 e. The lowest BCUT2D eigenvalue weighted by atomic mass is 10.0. The van der Waals surface area contributed by atoms with Crippen LogP contribution in [0.1, 0.15) is 32.8 Å². The number of carbonyl (C=O) groups is 2. The minimum atomic E-state index is -3.13. The highest BCUT2D eigenvalue weighted by atomic mass is 19.3. The van der Waals surface area contributed by atoms with Crippen molar-refractivity contribution in [3.8, 4) is 0 Å². The second kappa shape index (κ2) is 7.88. The monoisotopic (exact) mass is 370 g/mol. The Hall–Kier alpha value is -2.38. The highest BCUT2D eigenvalue weighted by Crippen LogP contribution is 2.29. The molecule has 0 bridgehead atoms. The lowest BCUT2D eigenvalue weighted by molar-refractivity contribution is -0.0816. The van der Waals surface area contributed by atoms with Gasteiger partial charge in [-0.2, -0.15) is 0 Å². The van der Waals surface area contributed by atoms with Crippen molar-refractivity contribution in [2.75, 3.05) is 13.1 Å². The van der Waals surface area contributed by atoms with Crippen LogP contribution in [-0.4, -0.2) is 47.7 Å². The van der Waals surface area contributed by atoms with Crippen LogP contribution in [0.2, 0.25) is 0 Å². The molecule has 1 atom stereocenters. The fraction of sp³-hybridized carbons (Fsp3) is 0.556. The molecular weight excluding hydrogens is 346 g/mol. The van der Waals surface area contributed by atoms with E-state index < -0.39 is 36.2 Å². The van der Waals surface area contributed by atoms with Crippen molar-refractivity contribution in [3.63, 3.8) is 0 Å². The number of halogens is 2. The fourth-order valence-electron chi connectivity index (χ4n) is 2.48. The molecule has 144 valence electrons. The topological polar surface area (TPSA) is 67.9 Å². The summed E-state index contributed by atoms with van der Waals surface area (Å²) in [4.78, 5) is 25.1. The number of hydrogen-bond acceptors (Lipinski definition) is 4. The van der Waals surface area contributed by atoms with E-state index in [4.69, 9.17) is 9.47 Å². The molecule has 1 saturated heterocycles. The zero-order valence-corrected chi connectivity index (χ0v) is 15.1. The van der Waals surface area contributed by atoms with Crippen LogP contribution in [0.5, 0.6) is 0 Å². The van der Waals surface area contributed by atoms with Crippen molar-refractivity contribution >= 4 is 12.2 Å². The molecule has 1 N–H and O–H groups in total. The minimum Gasteiger partial charge on any atom is -0.445 e. The summed E-state index contributed by atoms with van der Waals surface area (Å²) in [6, 6.07) is 7.52. The number of nitrogens with one attached hydrogen (secondary N) is 1. The van der Waals surface area contributed by atoms with E-state index in [9.17, 15) is 18.4 Å². The van der Waals surface area contributed by atoms with Gasteiger partial charge in [-0.15, -0.1) is 0 Å². The van der Waals surface area contributed by atoms with Gasteiger partial charge in [0.25, 0.3) is 5.92 Å². The summed E-state index contributed by atoms with van der Waals surface area (Å²) < 4.78 is 38.4. The third-order valence-corrected chi connectivity index (χ3v) is 3.78. The highest BCUT2D eigenvalue weighted by molar-refractivity contribution is 5.70. The number of benzene rings is 1. The number of alkyl halides is 2. The molecule has 1 heterocycles. The third kappa shape index (κ3) is 5.86. The predicted octanol–water partition coefficient (Wildman–Crippen LogP) is 3.56. The predicted molar refractivity (Wildman–Crippen MR) is 90.9 cm³/mol. The SMILES string of the molecule is CC(C)(C)OC(=O)NC1CN(C(=O)OCc2ccccc2)CCC1(F)F. The molecule has 1 fully saturated rings. The standard InChI is InChI=1S/C18H24F2N2O4/c1-17(2,3)26-15(23)21-14-11-22(10-9-18(14,19)20)16(24)25-12-13-7-5-4-6-8-13/h4-8,14H,9-12H2,1-3H3,(H,21,23).